The highest BCUT2D eigenvalue weighted by Gasteiger charge is 2.36. The van der Waals surface area contributed by atoms with Crippen molar-refractivity contribution >= 4 is 5.97 Å². The van der Waals surface area contributed by atoms with Gasteiger partial charge in [0.05, 0.1) is 12.0 Å². The molecule has 0 unspecified atom stereocenters. The summed E-state index contributed by atoms with van der Waals surface area (Å²) in [6.45, 7) is 0.379. The summed E-state index contributed by atoms with van der Waals surface area (Å²) >= 11 is 0. The van der Waals surface area contributed by atoms with Crippen molar-refractivity contribution in [3.05, 3.63) is 35.9 Å². The Labute approximate surface area is 99.0 Å². The van der Waals surface area contributed by atoms with Crippen LogP contribution in [0.15, 0.2) is 30.3 Å². The summed E-state index contributed by atoms with van der Waals surface area (Å²) in [7, 11) is 3.51. The Morgan fingerprint density at radius 2 is 1.88 bits per heavy atom. The fourth-order valence-electron chi connectivity index (χ4n) is 1.20. The largest absolute Gasteiger partial charge is 0.428 e. The van der Waals surface area contributed by atoms with Crippen LogP contribution in [0.25, 0.3) is 0 Å². The minimum absolute atomic E-state index is 0.0601. The zero-order chi connectivity index (χ0) is 12.9. The smallest absolute Gasteiger partial charge is 0.397 e. The Morgan fingerprint density at radius 1 is 1.29 bits per heavy atom. The number of halogens is 2. The molecule has 0 aromatic heterocycles. The number of nitrogens with zero attached hydrogens (tertiary/aromatic N) is 1. The first-order valence-corrected chi connectivity index (χ1v) is 5.22. The summed E-state index contributed by atoms with van der Waals surface area (Å²) in [4.78, 5) is 12.9. The fourth-order valence-corrected chi connectivity index (χ4v) is 1.20. The van der Waals surface area contributed by atoms with Gasteiger partial charge in [0, 0.05) is 6.54 Å². The first kappa shape index (κ1) is 13.6. The number of hydrogen-bond donors (Lipinski definition) is 0. The maximum Gasteiger partial charge on any atom is 0.428 e. The van der Waals surface area contributed by atoms with Gasteiger partial charge in [0.2, 0.25) is 0 Å². The molecule has 0 saturated carbocycles. The Bertz CT molecular complexity index is 366. The van der Waals surface area contributed by atoms with E-state index in [-0.39, 0.29) is 12.0 Å². The minimum atomic E-state index is -3.56. The molecule has 17 heavy (non-hydrogen) atoms. The molecule has 0 spiro atoms. The van der Waals surface area contributed by atoms with Gasteiger partial charge in [-0.25, -0.2) is 0 Å². The Hall–Kier alpha value is -1.49. The summed E-state index contributed by atoms with van der Waals surface area (Å²) in [5.41, 5.74) is -0.321. The molecule has 94 valence electrons. The number of hydrogen-bond acceptors (Lipinski definition) is 3. The first-order chi connectivity index (χ1) is 7.92. The van der Waals surface area contributed by atoms with Gasteiger partial charge in [-0.2, -0.15) is 8.78 Å². The highest BCUT2D eigenvalue weighted by Crippen LogP contribution is 2.29. The monoisotopic (exact) mass is 243 g/mol. The van der Waals surface area contributed by atoms with E-state index in [9.17, 15) is 13.6 Å². The third kappa shape index (κ3) is 4.48. The van der Waals surface area contributed by atoms with Crippen molar-refractivity contribution in [3.8, 4) is 0 Å². The van der Waals surface area contributed by atoms with Gasteiger partial charge in [0.1, 0.15) is 0 Å². The number of esters is 1. The van der Waals surface area contributed by atoms with Crippen LogP contribution in [0.5, 0.6) is 0 Å². The maximum absolute atomic E-state index is 13.5. The average Bonchev–Trinajstić information content (AvgIpc) is 2.27. The van der Waals surface area contributed by atoms with Gasteiger partial charge >= 0.3 is 12.1 Å². The fraction of sp³-hybridized carbons (Fsp3) is 0.417. The second-order valence-corrected chi connectivity index (χ2v) is 3.91. The minimum Gasteiger partial charge on any atom is -0.397 e. The molecule has 0 N–H and O–H groups in total. The standard InChI is InChI=1S/C12H15F2NO2/c1-15(2)9-8-11(16)17-12(13,14)10-6-4-3-5-7-10/h3-7H,8-9H2,1-2H3. The van der Waals surface area contributed by atoms with E-state index >= 15 is 0 Å². The number of benzene rings is 1. The summed E-state index contributed by atoms with van der Waals surface area (Å²) in [6.07, 6.45) is -3.62. The van der Waals surface area contributed by atoms with E-state index in [2.05, 4.69) is 4.74 Å². The second-order valence-electron chi connectivity index (χ2n) is 3.91. The molecule has 0 radical (unpaired) electrons. The van der Waals surface area contributed by atoms with Gasteiger partial charge in [-0.1, -0.05) is 18.2 Å². The zero-order valence-electron chi connectivity index (χ0n) is 9.82. The van der Waals surface area contributed by atoms with Crippen LogP contribution >= 0.6 is 0 Å². The van der Waals surface area contributed by atoms with Gasteiger partial charge in [0.15, 0.2) is 0 Å². The predicted molar refractivity (Wildman–Crippen MR) is 59.6 cm³/mol. The van der Waals surface area contributed by atoms with Gasteiger partial charge in [0.25, 0.3) is 0 Å². The summed E-state index contributed by atoms with van der Waals surface area (Å²) < 4.78 is 31.1. The lowest BCUT2D eigenvalue weighted by atomic mass is 10.2. The van der Waals surface area contributed by atoms with Crippen LogP contribution in [-0.2, 0) is 15.6 Å². The highest BCUT2D eigenvalue weighted by atomic mass is 19.3. The van der Waals surface area contributed by atoms with Crippen LogP contribution in [0.4, 0.5) is 8.78 Å². The van der Waals surface area contributed by atoms with Gasteiger partial charge in [-0.15, -0.1) is 0 Å². The van der Waals surface area contributed by atoms with E-state index in [1.807, 2.05) is 0 Å². The molecule has 0 amide bonds. The molecular formula is C12H15F2NO2. The molecule has 1 aromatic rings. The van der Waals surface area contributed by atoms with E-state index in [0.29, 0.717) is 6.54 Å². The van der Waals surface area contributed by atoms with Crippen molar-refractivity contribution in [1.82, 2.24) is 4.90 Å². The van der Waals surface area contributed by atoms with Crippen LogP contribution in [0.1, 0.15) is 12.0 Å². The Balaban J connectivity index is 2.58. The van der Waals surface area contributed by atoms with E-state index in [1.54, 1.807) is 25.1 Å². The zero-order valence-corrected chi connectivity index (χ0v) is 9.82. The normalized spacial score (nSPS) is 11.6. The lowest BCUT2D eigenvalue weighted by molar-refractivity contribution is -0.240. The van der Waals surface area contributed by atoms with Crippen LogP contribution < -0.4 is 0 Å². The number of carbonyl (C=O) groups excluding carboxylic acids is 1. The van der Waals surface area contributed by atoms with Crippen molar-refractivity contribution in [1.29, 1.82) is 0 Å². The first-order valence-electron chi connectivity index (χ1n) is 5.22. The molecule has 3 nitrogen and oxygen atoms in total. The van der Waals surface area contributed by atoms with Gasteiger partial charge in [-0.05, 0) is 26.2 Å². The van der Waals surface area contributed by atoms with Gasteiger partial charge < -0.3 is 9.64 Å². The molecule has 0 saturated heterocycles. The molecular weight excluding hydrogens is 228 g/mol. The van der Waals surface area contributed by atoms with Crippen molar-refractivity contribution in [2.45, 2.75) is 12.5 Å². The van der Waals surface area contributed by atoms with Crippen LogP contribution in [0, 0.1) is 0 Å². The molecule has 0 aliphatic carbocycles. The van der Waals surface area contributed by atoms with Crippen molar-refractivity contribution in [2.24, 2.45) is 0 Å². The van der Waals surface area contributed by atoms with Crippen LogP contribution in [0.3, 0.4) is 0 Å². The molecule has 0 heterocycles. The molecule has 0 aliphatic heterocycles. The van der Waals surface area contributed by atoms with E-state index < -0.39 is 12.1 Å². The van der Waals surface area contributed by atoms with Gasteiger partial charge in [-0.3, -0.25) is 4.79 Å². The third-order valence-corrected chi connectivity index (χ3v) is 2.12. The van der Waals surface area contributed by atoms with E-state index in [4.69, 9.17) is 0 Å². The Morgan fingerprint density at radius 3 is 2.41 bits per heavy atom. The molecule has 0 atom stereocenters. The van der Waals surface area contributed by atoms with Crippen LogP contribution in [-0.4, -0.2) is 31.5 Å². The lowest BCUT2D eigenvalue weighted by Crippen LogP contribution is -2.25. The Kier molecular flexibility index (Phi) is 4.57. The molecule has 0 bridgehead atoms. The quantitative estimate of drug-likeness (QED) is 0.743. The predicted octanol–water partition coefficient (Wildman–Crippen LogP) is 2.23. The third-order valence-electron chi connectivity index (χ3n) is 2.12. The number of ether oxygens (including phenoxy) is 1. The number of rotatable bonds is 5. The molecule has 5 heteroatoms. The number of alkyl halides is 2. The van der Waals surface area contributed by atoms with E-state index in [1.165, 1.54) is 24.3 Å². The summed E-state index contributed by atoms with van der Waals surface area (Å²) in [6, 6.07) is 7.00. The lowest BCUT2D eigenvalue weighted by Gasteiger charge is -2.17. The van der Waals surface area contributed by atoms with Crippen molar-refractivity contribution in [3.63, 3.8) is 0 Å². The second kappa shape index (κ2) is 5.72. The summed E-state index contributed by atoms with van der Waals surface area (Å²) in [5.74, 6) is -0.910. The molecule has 0 fully saturated rings. The van der Waals surface area contributed by atoms with E-state index in [0.717, 1.165) is 0 Å². The SMILES string of the molecule is CN(C)CCC(=O)OC(F)(F)c1ccccc1. The maximum atomic E-state index is 13.5. The molecule has 1 rings (SSSR count). The highest BCUT2D eigenvalue weighted by molar-refractivity contribution is 5.70. The topological polar surface area (TPSA) is 29.5 Å². The summed E-state index contributed by atoms with van der Waals surface area (Å²) in [5, 5.41) is 0. The van der Waals surface area contributed by atoms with Crippen molar-refractivity contribution in [2.75, 3.05) is 20.6 Å². The molecule has 0 aliphatic rings. The molecule has 1 aromatic carbocycles. The average molecular weight is 243 g/mol. The number of carbonyl (C=O) groups is 1. The van der Waals surface area contributed by atoms with Crippen LogP contribution in [0.2, 0.25) is 0 Å². The van der Waals surface area contributed by atoms with Crippen molar-refractivity contribution < 1.29 is 18.3 Å².